The Labute approximate surface area is 64.8 Å². The fourth-order valence-electron chi connectivity index (χ4n) is 0.624. The van der Waals surface area contributed by atoms with Crippen LogP contribution in [0.4, 0.5) is 4.79 Å². The van der Waals surface area contributed by atoms with Crippen LogP contribution in [0.1, 0.15) is 5.56 Å². The zero-order valence-corrected chi connectivity index (χ0v) is 5.83. The standard InChI is InChI=1S/C8H7NO2/c9-8(10)11-6-7-4-2-1-3-5-7/h2,4-5H,6H2,(H2,9,10). The van der Waals surface area contributed by atoms with Crippen molar-refractivity contribution in [3.05, 3.63) is 35.9 Å². The van der Waals surface area contributed by atoms with Crippen molar-refractivity contribution >= 4 is 6.09 Å². The van der Waals surface area contributed by atoms with E-state index in [1.165, 1.54) is 0 Å². The van der Waals surface area contributed by atoms with Crippen molar-refractivity contribution in [3.63, 3.8) is 0 Å². The first-order valence-electron chi connectivity index (χ1n) is 3.08. The van der Waals surface area contributed by atoms with E-state index in [2.05, 4.69) is 16.9 Å². The lowest BCUT2D eigenvalue weighted by Crippen LogP contribution is -2.12. The summed E-state index contributed by atoms with van der Waals surface area (Å²) in [7, 11) is 0. The van der Waals surface area contributed by atoms with E-state index in [0.717, 1.165) is 5.56 Å². The Morgan fingerprint density at radius 3 is 3.00 bits per heavy atom. The first kappa shape index (κ1) is 7.42. The van der Waals surface area contributed by atoms with Crippen LogP contribution in [0, 0.1) is 12.1 Å². The van der Waals surface area contributed by atoms with Crippen LogP contribution < -0.4 is 5.73 Å². The molecule has 1 amide bonds. The Hall–Kier alpha value is -1.69. The van der Waals surface area contributed by atoms with Gasteiger partial charge in [0.2, 0.25) is 0 Å². The minimum absolute atomic E-state index is 0.195. The van der Waals surface area contributed by atoms with Crippen LogP contribution in [-0.4, -0.2) is 6.09 Å². The lowest BCUT2D eigenvalue weighted by molar-refractivity contribution is 0.150. The molecule has 0 radical (unpaired) electrons. The molecule has 0 aromatic heterocycles. The van der Waals surface area contributed by atoms with Gasteiger partial charge in [0, 0.05) is 0 Å². The monoisotopic (exact) mass is 149 g/mol. The number of amides is 1. The lowest BCUT2D eigenvalue weighted by Gasteiger charge is -1.98. The van der Waals surface area contributed by atoms with Gasteiger partial charge in [0.1, 0.15) is 6.61 Å². The van der Waals surface area contributed by atoms with Crippen molar-refractivity contribution in [1.82, 2.24) is 0 Å². The molecule has 11 heavy (non-hydrogen) atoms. The van der Waals surface area contributed by atoms with Gasteiger partial charge in [-0.2, -0.15) is 0 Å². The van der Waals surface area contributed by atoms with Gasteiger partial charge in [-0.25, -0.2) is 4.79 Å². The van der Waals surface area contributed by atoms with E-state index in [4.69, 9.17) is 5.73 Å². The molecule has 0 saturated heterocycles. The Morgan fingerprint density at radius 2 is 2.45 bits per heavy atom. The second-order valence-electron chi connectivity index (χ2n) is 1.95. The zero-order valence-electron chi connectivity index (χ0n) is 5.83. The highest BCUT2D eigenvalue weighted by Crippen LogP contribution is 1.96. The molecule has 0 atom stereocenters. The Kier molecular flexibility index (Phi) is 2.34. The van der Waals surface area contributed by atoms with Crippen LogP contribution in [0.2, 0.25) is 0 Å². The average molecular weight is 149 g/mol. The number of rotatable bonds is 2. The van der Waals surface area contributed by atoms with Crippen molar-refractivity contribution in [2.24, 2.45) is 5.73 Å². The SMILES string of the molecule is NC(=O)OCc1cc#ccc1. The lowest BCUT2D eigenvalue weighted by atomic mass is 10.3. The minimum atomic E-state index is -0.766. The van der Waals surface area contributed by atoms with Gasteiger partial charge in [-0.05, 0) is 23.8 Å². The molecule has 0 spiro atoms. The number of ether oxygens (including phenoxy) is 1. The molecule has 56 valence electrons. The first-order valence-corrected chi connectivity index (χ1v) is 3.08. The minimum Gasteiger partial charge on any atom is -0.445 e. The van der Waals surface area contributed by atoms with Crippen LogP contribution in [0.15, 0.2) is 18.2 Å². The van der Waals surface area contributed by atoms with E-state index in [-0.39, 0.29) is 6.61 Å². The topological polar surface area (TPSA) is 52.3 Å². The van der Waals surface area contributed by atoms with Gasteiger partial charge in [0.05, 0.1) is 0 Å². The Balaban J connectivity index is 2.45. The molecule has 2 N–H and O–H groups in total. The van der Waals surface area contributed by atoms with E-state index in [0.29, 0.717) is 0 Å². The molecule has 1 aromatic carbocycles. The predicted octanol–water partition coefficient (Wildman–Crippen LogP) is 0.882. The van der Waals surface area contributed by atoms with Crippen molar-refractivity contribution in [1.29, 1.82) is 0 Å². The normalized spacial score (nSPS) is 8.36. The molecule has 0 bridgehead atoms. The molecule has 0 fully saturated rings. The van der Waals surface area contributed by atoms with Crippen molar-refractivity contribution in [3.8, 4) is 0 Å². The van der Waals surface area contributed by atoms with Crippen molar-refractivity contribution in [2.75, 3.05) is 0 Å². The summed E-state index contributed by atoms with van der Waals surface area (Å²) < 4.78 is 4.53. The van der Waals surface area contributed by atoms with Crippen molar-refractivity contribution in [2.45, 2.75) is 6.61 Å². The van der Waals surface area contributed by atoms with E-state index >= 15 is 0 Å². The van der Waals surface area contributed by atoms with Gasteiger partial charge in [0.15, 0.2) is 0 Å². The molecular weight excluding hydrogens is 142 g/mol. The molecule has 1 rings (SSSR count). The van der Waals surface area contributed by atoms with Gasteiger partial charge < -0.3 is 10.5 Å². The van der Waals surface area contributed by atoms with E-state index < -0.39 is 6.09 Å². The fourth-order valence-corrected chi connectivity index (χ4v) is 0.624. The third-order valence-electron chi connectivity index (χ3n) is 1.10. The second kappa shape index (κ2) is 3.47. The number of nitrogens with two attached hydrogens (primary N) is 1. The molecule has 3 heteroatoms. The van der Waals surface area contributed by atoms with Crippen molar-refractivity contribution < 1.29 is 9.53 Å². The molecule has 0 unspecified atom stereocenters. The second-order valence-corrected chi connectivity index (χ2v) is 1.95. The van der Waals surface area contributed by atoms with E-state index in [1.807, 2.05) is 0 Å². The van der Waals surface area contributed by atoms with Crippen LogP contribution in [0.3, 0.4) is 0 Å². The molecule has 0 heterocycles. The highest BCUT2D eigenvalue weighted by Gasteiger charge is 1.93. The highest BCUT2D eigenvalue weighted by atomic mass is 16.5. The number of primary amides is 1. The summed E-state index contributed by atoms with van der Waals surface area (Å²) in [4.78, 5) is 10.2. The van der Waals surface area contributed by atoms with Gasteiger partial charge in [-0.15, -0.1) is 0 Å². The van der Waals surface area contributed by atoms with Crippen LogP contribution >= 0.6 is 0 Å². The summed E-state index contributed by atoms with van der Waals surface area (Å²) >= 11 is 0. The predicted molar refractivity (Wildman–Crippen MR) is 38.5 cm³/mol. The summed E-state index contributed by atoms with van der Waals surface area (Å²) in [5.74, 6) is 0. The van der Waals surface area contributed by atoms with Crippen LogP contribution in [-0.2, 0) is 11.3 Å². The van der Waals surface area contributed by atoms with Gasteiger partial charge in [-0.1, -0.05) is 12.1 Å². The Bertz CT molecular complexity index is 233. The average Bonchev–Trinajstić information content (AvgIpc) is 2.03. The summed E-state index contributed by atoms with van der Waals surface area (Å²) in [6.07, 6.45) is -0.766. The summed E-state index contributed by atoms with van der Waals surface area (Å²) in [6, 6.07) is 10.6. The van der Waals surface area contributed by atoms with Gasteiger partial charge in [0.25, 0.3) is 0 Å². The smallest absolute Gasteiger partial charge is 0.404 e. The maximum absolute atomic E-state index is 10.2. The molecule has 0 saturated carbocycles. The highest BCUT2D eigenvalue weighted by molar-refractivity contribution is 5.64. The van der Waals surface area contributed by atoms with E-state index in [1.54, 1.807) is 18.2 Å². The number of hydrogen-bond acceptors (Lipinski definition) is 2. The van der Waals surface area contributed by atoms with E-state index in [9.17, 15) is 4.79 Å². The number of carbonyl (C=O) groups excluding carboxylic acids is 1. The summed E-state index contributed by atoms with van der Waals surface area (Å²) in [5, 5.41) is 0. The number of carbonyl (C=O) groups is 1. The molecule has 0 aliphatic carbocycles. The van der Waals surface area contributed by atoms with Gasteiger partial charge >= 0.3 is 6.09 Å². The molecule has 0 aliphatic rings. The molecule has 3 nitrogen and oxygen atoms in total. The maximum Gasteiger partial charge on any atom is 0.404 e. The maximum atomic E-state index is 10.2. The third-order valence-corrected chi connectivity index (χ3v) is 1.10. The summed E-state index contributed by atoms with van der Waals surface area (Å²) in [5.41, 5.74) is 5.61. The number of hydrogen-bond donors (Lipinski definition) is 1. The third kappa shape index (κ3) is 2.59. The largest absolute Gasteiger partial charge is 0.445 e. The molecular formula is C8H7NO2. The Morgan fingerprint density at radius 1 is 1.64 bits per heavy atom. The van der Waals surface area contributed by atoms with Crippen LogP contribution in [0.25, 0.3) is 0 Å². The quantitative estimate of drug-likeness (QED) is 0.678. The van der Waals surface area contributed by atoms with Gasteiger partial charge in [-0.3, -0.25) is 0 Å². The zero-order chi connectivity index (χ0) is 8.10. The van der Waals surface area contributed by atoms with Crippen LogP contribution in [0.5, 0.6) is 0 Å². The first-order chi connectivity index (χ1) is 5.29. The fraction of sp³-hybridized carbons (Fsp3) is 0.125. The molecule has 0 aliphatic heterocycles. The summed E-state index contributed by atoms with van der Waals surface area (Å²) in [6.45, 7) is 0.195. The molecule has 1 aromatic rings.